The van der Waals surface area contributed by atoms with E-state index in [2.05, 4.69) is 10.4 Å². The fourth-order valence-electron chi connectivity index (χ4n) is 2.32. The van der Waals surface area contributed by atoms with Crippen LogP contribution in [0, 0.1) is 11.6 Å². The van der Waals surface area contributed by atoms with E-state index < -0.39 is 17.7 Å². The van der Waals surface area contributed by atoms with Crippen LogP contribution in [0.2, 0.25) is 0 Å². The molecule has 0 aliphatic rings. The van der Waals surface area contributed by atoms with Gasteiger partial charge in [-0.15, -0.1) is 0 Å². The summed E-state index contributed by atoms with van der Waals surface area (Å²) in [6.07, 6.45) is 2.76. The van der Waals surface area contributed by atoms with Gasteiger partial charge in [0.25, 0.3) is 0 Å². The molecule has 5 heteroatoms. The number of hydrogen-bond acceptors (Lipinski definition) is 2. The molecular weight excluding hydrogens is 260 g/mol. The summed E-state index contributed by atoms with van der Waals surface area (Å²) in [5, 5.41) is 7.50. The van der Waals surface area contributed by atoms with Gasteiger partial charge in [-0.25, -0.2) is 8.78 Å². The molecule has 108 valence electrons. The topological polar surface area (TPSA) is 29.9 Å². The highest BCUT2D eigenvalue weighted by atomic mass is 19.1. The number of benzene rings is 1. The van der Waals surface area contributed by atoms with Crippen LogP contribution in [-0.2, 0) is 20.0 Å². The number of nitrogens with one attached hydrogen (secondary N) is 1. The normalized spacial score (nSPS) is 12.7. The van der Waals surface area contributed by atoms with E-state index in [0.29, 0.717) is 6.54 Å². The first-order chi connectivity index (χ1) is 9.52. The fraction of sp³-hybridized carbons (Fsp3) is 0.400. The predicted molar refractivity (Wildman–Crippen MR) is 74.2 cm³/mol. The lowest BCUT2D eigenvalue weighted by Crippen LogP contribution is -2.20. The van der Waals surface area contributed by atoms with Gasteiger partial charge < -0.3 is 5.32 Å². The highest BCUT2D eigenvalue weighted by Crippen LogP contribution is 2.21. The second-order valence-corrected chi connectivity index (χ2v) is 4.87. The van der Waals surface area contributed by atoms with Gasteiger partial charge in [-0.1, -0.05) is 13.0 Å². The van der Waals surface area contributed by atoms with Gasteiger partial charge in [0.1, 0.15) is 11.6 Å². The van der Waals surface area contributed by atoms with E-state index in [1.165, 1.54) is 18.2 Å². The summed E-state index contributed by atoms with van der Waals surface area (Å²) in [6.45, 7) is 4.32. The number of nitrogens with zero attached hydrogens (tertiary/aromatic N) is 2. The molecule has 1 aromatic heterocycles. The minimum atomic E-state index is -0.521. The van der Waals surface area contributed by atoms with E-state index >= 15 is 0 Å². The van der Waals surface area contributed by atoms with Gasteiger partial charge in [0, 0.05) is 37.0 Å². The summed E-state index contributed by atoms with van der Waals surface area (Å²) in [5.41, 5.74) is 2.13. The molecule has 1 unspecified atom stereocenters. The molecule has 0 saturated carbocycles. The molecule has 2 aromatic rings. The number of aromatic nitrogens is 2. The second-order valence-electron chi connectivity index (χ2n) is 4.87. The minimum absolute atomic E-state index is 0.0782. The van der Waals surface area contributed by atoms with Crippen molar-refractivity contribution in [2.75, 3.05) is 0 Å². The standard InChI is InChI=1S/C15H19F2N3/c1-4-14-11(9-20(3)19-14)8-18-10(2)15-12(16)6-5-7-13(15)17/h5-7,9-10,18H,4,8H2,1-3H3. The third-order valence-corrected chi connectivity index (χ3v) is 3.36. The fourth-order valence-corrected chi connectivity index (χ4v) is 2.32. The third kappa shape index (κ3) is 3.04. The van der Waals surface area contributed by atoms with Crippen molar-refractivity contribution in [2.24, 2.45) is 7.05 Å². The highest BCUT2D eigenvalue weighted by molar-refractivity contribution is 5.23. The zero-order valence-corrected chi connectivity index (χ0v) is 12.0. The molecule has 0 aliphatic heterocycles. The van der Waals surface area contributed by atoms with Gasteiger partial charge in [0.2, 0.25) is 0 Å². The number of hydrogen-bond donors (Lipinski definition) is 1. The average molecular weight is 279 g/mol. The number of halogens is 2. The van der Waals surface area contributed by atoms with Crippen molar-refractivity contribution in [3.05, 3.63) is 52.9 Å². The molecule has 20 heavy (non-hydrogen) atoms. The Kier molecular flexibility index (Phi) is 4.49. The van der Waals surface area contributed by atoms with Crippen LogP contribution in [0.15, 0.2) is 24.4 Å². The van der Waals surface area contributed by atoms with Crippen molar-refractivity contribution < 1.29 is 8.78 Å². The van der Waals surface area contributed by atoms with Crippen LogP contribution in [0.3, 0.4) is 0 Å². The first-order valence-corrected chi connectivity index (χ1v) is 6.71. The van der Waals surface area contributed by atoms with E-state index in [1.807, 2.05) is 20.2 Å². The molecule has 1 atom stereocenters. The Hall–Kier alpha value is -1.75. The van der Waals surface area contributed by atoms with Crippen molar-refractivity contribution in [3.8, 4) is 0 Å². The molecule has 0 bridgehead atoms. The van der Waals surface area contributed by atoms with Gasteiger partial charge in [-0.3, -0.25) is 4.68 Å². The van der Waals surface area contributed by atoms with Crippen LogP contribution in [0.4, 0.5) is 8.78 Å². The first-order valence-electron chi connectivity index (χ1n) is 6.71. The molecule has 1 heterocycles. The Bertz CT molecular complexity index is 573. The zero-order valence-electron chi connectivity index (χ0n) is 12.0. The molecule has 0 saturated heterocycles. The van der Waals surface area contributed by atoms with Gasteiger partial charge in [-0.2, -0.15) is 5.10 Å². The van der Waals surface area contributed by atoms with Crippen LogP contribution in [0.1, 0.15) is 36.7 Å². The van der Waals surface area contributed by atoms with E-state index in [9.17, 15) is 8.78 Å². The van der Waals surface area contributed by atoms with Gasteiger partial charge in [-0.05, 0) is 25.5 Å². The number of rotatable bonds is 5. The smallest absolute Gasteiger partial charge is 0.130 e. The lowest BCUT2D eigenvalue weighted by molar-refractivity contribution is 0.487. The summed E-state index contributed by atoms with van der Waals surface area (Å²) in [7, 11) is 1.86. The van der Waals surface area contributed by atoms with Crippen molar-refractivity contribution in [1.29, 1.82) is 0 Å². The summed E-state index contributed by atoms with van der Waals surface area (Å²) in [4.78, 5) is 0. The first kappa shape index (κ1) is 14.7. The van der Waals surface area contributed by atoms with Crippen LogP contribution in [0.25, 0.3) is 0 Å². The molecule has 1 aromatic carbocycles. The molecule has 0 spiro atoms. The molecule has 0 aliphatic carbocycles. The summed E-state index contributed by atoms with van der Waals surface area (Å²) in [5.74, 6) is -1.04. The van der Waals surface area contributed by atoms with Crippen LogP contribution < -0.4 is 5.32 Å². The van der Waals surface area contributed by atoms with Crippen molar-refractivity contribution in [3.63, 3.8) is 0 Å². The highest BCUT2D eigenvalue weighted by Gasteiger charge is 2.16. The molecule has 0 fully saturated rings. The molecular formula is C15H19F2N3. The number of aryl methyl sites for hydroxylation is 2. The lowest BCUT2D eigenvalue weighted by atomic mass is 10.1. The minimum Gasteiger partial charge on any atom is -0.306 e. The van der Waals surface area contributed by atoms with Crippen LogP contribution in [-0.4, -0.2) is 9.78 Å². The maximum absolute atomic E-state index is 13.7. The van der Waals surface area contributed by atoms with E-state index in [1.54, 1.807) is 11.6 Å². The molecule has 2 rings (SSSR count). The Balaban J connectivity index is 2.10. The SMILES string of the molecule is CCc1nn(C)cc1CNC(C)c1c(F)cccc1F. The van der Waals surface area contributed by atoms with Crippen molar-refractivity contribution in [2.45, 2.75) is 32.9 Å². The largest absolute Gasteiger partial charge is 0.306 e. The maximum Gasteiger partial charge on any atom is 0.130 e. The van der Waals surface area contributed by atoms with Gasteiger partial charge in [0.05, 0.1) is 5.69 Å². The molecule has 1 N–H and O–H groups in total. The van der Waals surface area contributed by atoms with E-state index in [4.69, 9.17) is 0 Å². The predicted octanol–water partition coefficient (Wildman–Crippen LogP) is 3.11. The van der Waals surface area contributed by atoms with E-state index in [0.717, 1.165) is 17.7 Å². The summed E-state index contributed by atoms with van der Waals surface area (Å²) < 4.78 is 29.1. The average Bonchev–Trinajstić information content (AvgIpc) is 2.76. The van der Waals surface area contributed by atoms with Crippen LogP contribution >= 0.6 is 0 Å². The summed E-state index contributed by atoms with van der Waals surface area (Å²) >= 11 is 0. The summed E-state index contributed by atoms with van der Waals surface area (Å²) in [6, 6.07) is 3.52. The molecule has 0 amide bonds. The molecule has 3 nitrogen and oxygen atoms in total. The van der Waals surface area contributed by atoms with Gasteiger partial charge in [0.15, 0.2) is 0 Å². The van der Waals surface area contributed by atoms with Gasteiger partial charge >= 0.3 is 0 Å². The monoisotopic (exact) mass is 279 g/mol. The molecule has 0 radical (unpaired) electrons. The van der Waals surface area contributed by atoms with E-state index in [-0.39, 0.29) is 5.56 Å². The quantitative estimate of drug-likeness (QED) is 0.911. The second kappa shape index (κ2) is 6.13. The third-order valence-electron chi connectivity index (χ3n) is 3.36. The zero-order chi connectivity index (χ0) is 14.7. The Morgan fingerprint density at radius 1 is 1.30 bits per heavy atom. The van der Waals surface area contributed by atoms with Crippen molar-refractivity contribution in [1.82, 2.24) is 15.1 Å². The van der Waals surface area contributed by atoms with Crippen molar-refractivity contribution >= 4 is 0 Å². The van der Waals surface area contributed by atoms with Crippen LogP contribution in [0.5, 0.6) is 0 Å². The lowest BCUT2D eigenvalue weighted by Gasteiger charge is -2.15. The maximum atomic E-state index is 13.7. The Morgan fingerprint density at radius 3 is 2.55 bits per heavy atom. The Morgan fingerprint density at radius 2 is 1.95 bits per heavy atom. The Labute approximate surface area is 117 Å².